The highest BCUT2D eigenvalue weighted by atomic mass is 32.2. The molecule has 0 radical (unpaired) electrons. The van der Waals surface area contributed by atoms with E-state index in [-0.39, 0.29) is 11.3 Å². The quantitative estimate of drug-likeness (QED) is 0.932. The van der Waals surface area contributed by atoms with Crippen molar-refractivity contribution < 1.29 is 14.7 Å². The number of fused-ring (bicyclic) bond motifs is 1. The summed E-state index contributed by atoms with van der Waals surface area (Å²) in [6.07, 6.45) is 4.01. The number of carboxylic acids is 1. The van der Waals surface area contributed by atoms with Gasteiger partial charge in [0.05, 0.1) is 5.37 Å². The van der Waals surface area contributed by atoms with E-state index >= 15 is 0 Å². The summed E-state index contributed by atoms with van der Waals surface area (Å²) in [4.78, 5) is 25.7. The standard InChI is InChI=1S/C16H19NO3S/c1-2-14-17(13(9-21-14)16(19)20)15(18)12-7-6-10-4-3-5-11(10)8-12/h6-8,13-14H,2-5,9H2,1H3,(H,19,20). The van der Waals surface area contributed by atoms with E-state index in [9.17, 15) is 14.7 Å². The van der Waals surface area contributed by atoms with Crippen molar-refractivity contribution in [3.8, 4) is 0 Å². The second-order valence-corrected chi connectivity index (χ2v) is 6.81. The van der Waals surface area contributed by atoms with Gasteiger partial charge in [0.2, 0.25) is 0 Å². The van der Waals surface area contributed by atoms with E-state index in [0.29, 0.717) is 11.3 Å². The Kier molecular flexibility index (Phi) is 3.93. The molecule has 21 heavy (non-hydrogen) atoms. The van der Waals surface area contributed by atoms with Crippen LogP contribution in [-0.4, -0.2) is 39.1 Å². The van der Waals surface area contributed by atoms with E-state index in [4.69, 9.17) is 0 Å². The smallest absolute Gasteiger partial charge is 0.327 e. The van der Waals surface area contributed by atoms with Crippen LogP contribution in [0.1, 0.15) is 41.3 Å². The van der Waals surface area contributed by atoms with Crippen LogP contribution in [0.5, 0.6) is 0 Å². The van der Waals surface area contributed by atoms with Gasteiger partial charge in [-0.25, -0.2) is 4.79 Å². The maximum atomic E-state index is 12.8. The summed E-state index contributed by atoms with van der Waals surface area (Å²) in [7, 11) is 0. The van der Waals surface area contributed by atoms with Gasteiger partial charge >= 0.3 is 5.97 Å². The Bertz CT molecular complexity index is 587. The van der Waals surface area contributed by atoms with Crippen LogP contribution in [0.4, 0.5) is 0 Å². The third-order valence-corrected chi connectivity index (χ3v) is 5.76. The molecule has 1 aromatic rings. The van der Waals surface area contributed by atoms with Crippen molar-refractivity contribution in [2.75, 3.05) is 5.75 Å². The summed E-state index contributed by atoms with van der Waals surface area (Å²) >= 11 is 1.56. The predicted molar refractivity (Wildman–Crippen MR) is 82.6 cm³/mol. The Labute approximate surface area is 128 Å². The zero-order valence-corrected chi connectivity index (χ0v) is 12.9. The van der Waals surface area contributed by atoms with Gasteiger partial charge in [0, 0.05) is 11.3 Å². The number of rotatable bonds is 3. The highest BCUT2D eigenvalue weighted by Crippen LogP contribution is 2.33. The van der Waals surface area contributed by atoms with Crippen LogP contribution < -0.4 is 0 Å². The molecule has 2 aliphatic rings. The molecule has 1 amide bonds. The second-order valence-electron chi connectivity index (χ2n) is 5.60. The fourth-order valence-corrected chi connectivity index (χ4v) is 4.54. The second kappa shape index (κ2) is 5.72. The van der Waals surface area contributed by atoms with E-state index in [2.05, 4.69) is 0 Å². The minimum absolute atomic E-state index is 0.0353. The van der Waals surface area contributed by atoms with E-state index in [1.54, 1.807) is 16.7 Å². The van der Waals surface area contributed by atoms with Gasteiger partial charge in [0.1, 0.15) is 6.04 Å². The largest absolute Gasteiger partial charge is 0.480 e. The van der Waals surface area contributed by atoms with Crippen LogP contribution in [0.3, 0.4) is 0 Å². The lowest BCUT2D eigenvalue weighted by Crippen LogP contribution is -2.45. The van der Waals surface area contributed by atoms with Gasteiger partial charge in [-0.2, -0.15) is 0 Å². The Hall–Kier alpha value is -1.49. The average Bonchev–Trinajstić information content (AvgIpc) is 3.11. The first-order valence-corrected chi connectivity index (χ1v) is 8.45. The van der Waals surface area contributed by atoms with Crippen LogP contribution in [0.15, 0.2) is 18.2 Å². The summed E-state index contributed by atoms with van der Waals surface area (Å²) in [5.74, 6) is -0.577. The minimum atomic E-state index is -0.909. The van der Waals surface area contributed by atoms with E-state index < -0.39 is 12.0 Å². The molecule has 2 unspecified atom stereocenters. The summed E-state index contributed by atoms with van der Waals surface area (Å²) in [5, 5.41) is 9.31. The SMILES string of the molecule is CCC1SCC(C(=O)O)N1C(=O)c1ccc2c(c1)CCC2. The molecular formula is C16H19NO3S. The Morgan fingerprint density at radius 1 is 1.33 bits per heavy atom. The molecule has 2 atom stereocenters. The fourth-order valence-electron chi connectivity index (χ4n) is 3.19. The topological polar surface area (TPSA) is 57.6 Å². The maximum Gasteiger partial charge on any atom is 0.327 e. The Morgan fingerprint density at radius 2 is 2.10 bits per heavy atom. The van der Waals surface area contributed by atoms with Crippen LogP contribution in [0.2, 0.25) is 0 Å². The average molecular weight is 305 g/mol. The fraction of sp³-hybridized carbons (Fsp3) is 0.500. The Morgan fingerprint density at radius 3 is 2.81 bits per heavy atom. The van der Waals surface area contributed by atoms with Crippen LogP contribution in [-0.2, 0) is 17.6 Å². The first-order valence-electron chi connectivity index (χ1n) is 7.40. The van der Waals surface area contributed by atoms with Crippen LogP contribution in [0, 0.1) is 0 Å². The third kappa shape index (κ3) is 2.55. The number of carbonyl (C=O) groups is 2. The van der Waals surface area contributed by atoms with Crippen molar-refractivity contribution in [2.24, 2.45) is 0 Å². The number of aliphatic carboxylic acids is 1. The van der Waals surface area contributed by atoms with Crippen molar-refractivity contribution in [1.82, 2.24) is 4.90 Å². The number of hydrogen-bond acceptors (Lipinski definition) is 3. The van der Waals surface area contributed by atoms with Crippen LogP contribution >= 0.6 is 11.8 Å². The summed E-state index contributed by atoms with van der Waals surface area (Å²) in [6, 6.07) is 5.12. The highest BCUT2D eigenvalue weighted by Gasteiger charge is 2.41. The first kappa shape index (κ1) is 14.4. The molecule has 1 aliphatic heterocycles. The maximum absolute atomic E-state index is 12.8. The molecule has 3 rings (SSSR count). The molecular weight excluding hydrogens is 286 g/mol. The van der Waals surface area contributed by atoms with Gasteiger partial charge in [0.25, 0.3) is 5.91 Å². The Balaban J connectivity index is 1.90. The van der Waals surface area contributed by atoms with Gasteiger partial charge in [-0.1, -0.05) is 13.0 Å². The molecule has 5 heteroatoms. The predicted octanol–water partition coefficient (Wildman–Crippen LogP) is 2.55. The first-order chi connectivity index (χ1) is 10.1. The molecule has 1 N–H and O–H groups in total. The lowest BCUT2D eigenvalue weighted by atomic mass is 10.0. The minimum Gasteiger partial charge on any atom is -0.480 e. The number of carbonyl (C=O) groups excluding carboxylic acids is 1. The zero-order valence-electron chi connectivity index (χ0n) is 12.0. The van der Waals surface area contributed by atoms with Gasteiger partial charge in [-0.3, -0.25) is 4.79 Å². The number of benzene rings is 1. The lowest BCUT2D eigenvalue weighted by Gasteiger charge is -2.27. The van der Waals surface area contributed by atoms with E-state index in [1.807, 2.05) is 25.1 Å². The zero-order chi connectivity index (χ0) is 15.0. The normalized spacial score (nSPS) is 24.1. The summed E-state index contributed by atoms with van der Waals surface area (Å²) < 4.78 is 0. The van der Waals surface area contributed by atoms with Crippen molar-refractivity contribution >= 4 is 23.6 Å². The molecule has 1 saturated heterocycles. The van der Waals surface area contributed by atoms with Crippen molar-refractivity contribution in [3.63, 3.8) is 0 Å². The number of hydrogen-bond donors (Lipinski definition) is 1. The lowest BCUT2D eigenvalue weighted by molar-refractivity contribution is -0.141. The number of amides is 1. The van der Waals surface area contributed by atoms with E-state index in [0.717, 1.165) is 25.7 Å². The molecule has 112 valence electrons. The monoisotopic (exact) mass is 305 g/mol. The third-order valence-electron chi connectivity index (χ3n) is 4.31. The number of carboxylic acid groups (broad SMARTS) is 1. The van der Waals surface area contributed by atoms with Crippen molar-refractivity contribution in [1.29, 1.82) is 0 Å². The van der Waals surface area contributed by atoms with Gasteiger partial charge < -0.3 is 10.0 Å². The molecule has 0 bridgehead atoms. The molecule has 1 heterocycles. The van der Waals surface area contributed by atoms with E-state index in [1.165, 1.54) is 11.1 Å². The summed E-state index contributed by atoms with van der Waals surface area (Å²) in [5.41, 5.74) is 3.19. The van der Waals surface area contributed by atoms with Crippen LogP contribution in [0.25, 0.3) is 0 Å². The molecule has 1 aromatic carbocycles. The molecule has 0 saturated carbocycles. The highest BCUT2D eigenvalue weighted by molar-refractivity contribution is 8.00. The molecule has 4 nitrogen and oxygen atoms in total. The number of aryl methyl sites for hydroxylation is 2. The van der Waals surface area contributed by atoms with Crippen molar-refractivity contribution in [3.05, 3.63) is 34.9 Å². The van der Waals surface area contributed by atoms with Gasteiger partial charge in [0.15, 0.2) is 0 Å². The molecule has 1 aliphatic carbocycles. The number of thioether (sulfide) groups is 1. The molecule has 1 fully saturated rings. The van der Waals surface area contributed by atoms with Crippen molar-refractivity contribution in [2.45, 2.75) is 44.0 Å². The summed E-state index contributed by atoms with van der Waals surface area (Å²) in [6.45, 7) is 1.99. The number of nitrogens with zero attached hydrogens (tertiary/aromatic N) is 1. The van der Waals surface area contributed by atoms with Gasteiger partial charge in [-0.15, -0.1) is 11.8 Å². The van der Waals surface area contributed by atoms with Gasteiger partial charge in [-0.05, 0) is 48.9 Å². The molecule has 0 aromatic heterocycles. The molecule has 0 spiro atoms.